The molecule has 7 nitrogen and oxygen atoms in total. The van der Waals surface area contributed by atoms with Gasteiger partial charge < -0.3 is 15.0 Å². The second kappa shape index (κ2) is 9.04. The van der Waals surface area contributed by atoms with Gasteiger partial charge in [-0.3, -0.25) is 4.99 Å². The first-order chi connectivity index (χ1) is 14.6. The van der Waals surface area contributed by atoms with E-state index < -0.39 is 0 Å². The summed E-state index contributed by atoms with van der Waals surface area (Å²) in [5.41, 5.74) is 3.06. The van der Waals surface area contributed by atoms with Crippen LogP contribution in [0.2, 0.25) is 0 Å². The fraction of sp³-hybridized carbons (Fsp3) is 0.318. The maximum atomic E-state index is 13.3. The van der Waals surface area contributed by atoms with Crippen molar-refractivity contribution in [1.29, 1.82) is 0 Å². The third kappa shape index (κ3) is 4.65. The molecular formula is C22H25FN6O. The van der Waals surface area contributed by atoms with Gasteiger partial charge in [-0.15, -0.1) is 0 Å². The zero-order valence-corrected chi connectivity index (χ0v) is 17.1. The predicted octanol–water partition coefficient (Wildman–Crippen LogP) is 2.94. The quantitative estimate of drug-likeness (QED) is 0.531. The van der Waals surface area contributed by atoms with Gasteiger partial charge in [0.25, 0.3) is 0 Å². The number of ether oxygens (including phenoxy) is 1. The summed E-state index contributed by atoms with van der Waals surface area (Å²) in [6, 6.07) is 14.6. The average Bonchev–Trinajstić information content (AvgIpc) is 3.30. The topological polar surface area (TPSA) is 67.6 Å². The van der Waals surface area contributed by atoms with Gasteiger partial charge in [0.2, 0.25) is 0 Å². The monoisotopic (exact) mass is 408 g/mol. The van der Waals surface area contributed by atoms with Crippen LogP contribution in [0.1, 0.15) is 24.2 Å². The van der Waals surface area contributed by atoms with E-state index in [9.17, 15) is 4.39 Å². The highest BCUT2D eigenvalue weighted by molar-refractivity contribution is 5.80. The number of benzene rings is 2. The molecule has 1 fully saturated rings. The fourth-order valence-corrected chi connectivity index (χ4v) is 3.61. The lowest BCUT2D eigenvalue weighted by Gasteiger charge is -2.38. The first-order valence-corrected chi connectivity index (χ1v) is 9.93. The van der Waals surface area contributed by atoms with Crippen molar-refractivity contribution in [2.75, 3.05) is 20.1 Å². The molecule has 1 aliphatic heterocycles. The molecule has 3 aromatic rings. The first kappa shape index (κ1) is 20.0. The van der Waals surface area contributed by atoms with E-state index in [0.29, 0.717) is 13.1 Å². The molecule has 1 aromatic heterocycles. The van der Waals surface area contributed by atoms with Crippen LogP contribution in [0.25, 0.3) is 5.69 Å². The van der Waals surface area contributed by atoms with Crippen LogP contribution in [0.4, 0.5) is 4.39 Å². The summed E-state index contributed by atoms with van der Waals surface area (Å²) in [6.45, 7) is 4.08. The van der Waals surface area contributed by atoms with E-state index in [0.717, 1.165) is 29.3 Å². The number of guanidine groups is 1. The third-order valence-electron chi connectivity index (χ3n) is 5.08. The van der Waals surface area contributed by atoms with E-state index in [1.165, 1.54) is 18.5 Å². The summed E-state index contributed by atoms with van der Waals surface area (Å²) in [6.07, 6.45) is 3.10. The van der Waals surface area contributed by atoms with E-state index in [-0.39, 0.29) is 18.0 Å². The smallest absolute Gasteiger partial charge is 0.194 e. The molecule has 1 N–H and O–H groups in total. The number of hydrogen-bond donors (Lipinski definition) is 1. The molecule has 2 unspecified atom stereocenters. The van der Waals surface area contributed by atoms with Crippen LogP contribution < -0.4 is 5.32 Å². The van der Waals surface area contributed by atoms with Gasteiger partial charge in [-0.05, 0) is 42.3 Å². The predicted molar refractivity (Wildman–Crippen MR) is 113 cm³/mol. The maximum Gasteiger partial charge on any atom is 0.194 e. The number of morpholine rings is 1. The third-order valence-corrected chi connectivity index (χ3v) is 5.08. The molecule has 30 heavy (non-hydrogen) atoms. The van der Waals surface area contributed by atoms with Gasteiger partial charge in [-0.25, -0.2) is 14.1 Å². The lowest BCUT2D eigenvalue weighted by Crippen LogP contribution is -2.50. The molecule has 0 radical (unpaired) electrons. The number of aromatic nitrogens is 3. The molecular weight excluding hydrogens is 383 g/mol. The van der Waals surface area contributed by atoms with Crippen LogP contribution in [0.15, 0.2) is 66.2 Å². The van der Waals surface area contributed by atoms with Gasteiger partial charge in [-0.2, -0.15) is 5.10 Å². The number of rotatable bonds is 4. The Labute approximate surface area is 175 Å². The minimum absolute atomic E-state index is 0.0364. The normalized spacial score (nSPS) is 19.7. The Kier molecular flexibility index (Phi) is 6.04. The van der Waals surface area contributed by atoms with Crippen LogP contribution in [-0.2, 0) is 11.3 Å². The Morgan fingerprint density at radius 2 is 1.93 bits per heavy atom. The van der Waals surface area contributed by atoms with Crippen molar-refractivity contribution in [3.63, 3.8) is 0 Å². The van der Waals surface area contributed by atoms with Crippen LogP contribution in [0.3, 0.4) is 0 Å². The summed E-state index contributed by atoms with van der Waals surface area (Å²) in [5.74, 6) is 0.574. The molecule has 1 saturated heterocycles. The van der Waals surface area contributed by atoms with Gasteiger partial charge in [0, 0.05) is 20.1 Å². The Morgan fingerprint density at radius 1 is 1.17 bits per heavy atom. The number of hydrogen-bond acceptors (Lipinski definition) is 4. The van der Waals surface area contributed by atoms with Crippen molar-refractivity contribution in [2.24, 2.45) is 4.99 Å². The average molecular weight is 408 g/mol. The second-order valence-electron chi connectivity index (χ2n) is 7.30. The molecule has 8 heteroatoms. The molecule has 2 atom stereocenters. The van der Waals surface area contributed by atoms with Crippen molar-refractivity contribution < 1.29 is 9.13 Å². The Bertz CT molecular complexity index is 972. The van der Waals surface area contributed by atoms with Crippen LogP contribution in [0, 0.1) is 5.82 Å². The highest BCUT2D eigenvalue weighted by atomic mass is 19.1. The molecule has 0 saturated carbocycles. The molecule has 2 heterocycles. The van der Waals surface area contributed by atoms with Gasteiger partial charge in [0.1, 0.15) is 24.6 Å². The largest absolute Gasteiger partial charge is 0.367 e. The minimum Gasteiger partial charge on any atom is -0.367 e. The van der Waals surface area contributed by atoms with E-state index in [1.807, 2.05) is 19.1 Å². The summed E-state index contributed by atoms with van der Waals surface area (Å²) >= 11 is 0. The van der Waals surface area contributed by atoms with E-state index in [1.54, 1.807) is 30.2 Å². The van der Waals surface area contributed by atoms with Gasteiger partial charge >= 0.3 is 0 Å². The molecule has 0 amide bonds. The summed E-state index contributed by atoms with van der Waals surface area (Å²) < 4.78 is 21.1. The van der Waals surface area contributed by atoms with Gasteiger partial charge in [0.15, 0.2) is 5.96 Å². The zero-order chi connectivity index (χ0) is 20.9. The molecule has 4 rings (SSSR count). The summed E-state index contributed by atoms with van der Waals surface area (Å²) in [4.78, 5) is 10.6. The van der Waals surface area contributed by atoms with Crippen molar-refractivity contribution in [3.05, 3.63) is 78.1 Å². The van der Waals surface area contributed by atoms with E-state index in [2.05, 4.69) is 37.4 Å². The highest BCUT2D eigenvalue weighted by Crippen LogP contribution is 2.25. The van der Waals surface area contributed by atoms with Crippen LogP contribution in [0.5, 0.6) is 0 Å². The molecule has 1 aliphatic rings. The Hall–Kier alpha value is -3.26. The molecule has 156 valence electrons. The highest BCUT2D eigenvalue weighted by Gasteiger charge is 2.28. The van der Waals surface area contributed by atoms with E-state index in [4.69, 9.17) is 4.74 Å². The molecule has 2 aromatic carbocycles. The standard InChI is InChI=1S/C22H25FN6O/c1-16-12-28(13-21(30-16)18-5-7-19(23)8-6-18)22(24-2)26-11-17-3-9-20(10-4-17)29-15-25-14-27-29/h3-10,14-16,21H,11-13H2,1-2H3,(H,24,26). The summed E-state index contributed by atoms with van der Waals surface area (Å²) in [7, 11) is 1.78. The number of nitrogens with zero attached hydrogens (tertiary/aromatic N) is 5. The van der Waals surface area contributed by atoms with Crippen molar-refractivity contribution >= 4 is 5.96 Å². The van der Waals surface area contributed by atoms with Crippen LogP contribution in [-0.4, -0.2) is 51.9 Å². The Morgan fingerprint density at radius 3 is 2.60 bits per heavy atom. The number of aliphatic imine (C=N–C) groups is 1. The Balaban J connectivity index is 1.40. The number of halogens is 1. The molecule has 0 spiro atoms. The lowest BCUT2D eigenvalue weighted by molar-refractivity contribution is -0.0605. The first-order valence-electron chi connectivity index (χ1n) is 9.93. The SMILES string of the molecule is CN=C(NCc1ccc(-n2cncn2)cc1)N1CC(C)OC(c2ccc(F)cc2)C1. The van der Waals surface area contributed by atoms with Gasteiger partial charge in [0.05, 0.1) is 18.3 Å². The van der Waals surface area contributed by atoms with Crippen LogP contribution >= 0.6 is 0 Å². The van der Waals surface area contributed by atoms with Crippen molar-refractivity contribution in [1.82, 2.24) is 25.0 Å². The van der Waals surface area contributed by atoms with Crippen molar-refractivity contribution in [2.45, 2.75) is 25.7 Å². The zero-order valence-electron chi connectivity index (χ0n) is 17.1. The van der Waals surface area contributed by atoms with Crippen molar-refractivity contribution in [3.8, 4) is 5.69 Å². The lowest BCUT2D eigenvalue weighted by atomic mass is 10.1. The number of nitrogens with one attached hydrogen (secondary N) is 1. The van der Waals surface area contributed by atoms with E-state index >= 15 is 0 Å². The molecule has 0 aliphatic carbocycles. The second-order valence-corrected chi connectivity index (χ2v) is 7.30. The van der Waals surface area contributed by atoms with Gasteiger partial charge in [-0.1, -0.05) is 24.3 Å². The summed E-state index contributed by atoms with van der Waals surface area (Å²) in [5, 5.41) is 7.58. The fourth-order valence-electron chi connectivity index (χ4n) is 3.61. The maximum absolute atomic E-state index is 13.3. The minimum atomic E-state index is -0.244. The molecule has 0 bridgehead atoms.